The van der Waals surface area contributed by atoms with Crippen LogP contribution in [0.25, 0.3) is 0 Å². The van der Waals surface area contributed by atoms with Gasteiger partial charge < -0.3 is 9.05 Å². The second kappa shape index (κ2) is 11.2. The molecule has 2 radical (unpaired) electrons. The SMILES string of the molecule is [B][P+](OCC)(OCC)C(CCCC)P(=O)(OCC)OCC. The van der Waals surface area contributed by atoms with Crippen LogP contribution in [0.1, 0.15) is 53.9 Å². The lowest BCUT2D eigenvalue weighted by molar-refractivity contribution is 0.207. The maximum absolute atomic E-state index is 13.2. The van der Waals surface area contributed by atoms with E-state index in [0.717, 1.165) is 12.8 Å². The Morgan fingerprint density at radius 2 is 1.43 bits per heavy atom. The van der Waals surface area contributed by atoms with Crippen LogP contribution in [0.2, 0.25) is 0 Å². The first-order chi connectivity index (χ1) is 9.94. The average molecular weight is 339 g/mol. The Kier molecular flexibility index (Phi) is 11.5. The molecular weight excluding hydrogens is 309 g/mol. The van der Waals surface area contributed by atoms with Crippen molar-refractivity contribution >= 4 is 22.8 Å². The fourth-order valence-corrected chi connectivity index (χ4v) is 7.89. The van der Waals surface area contributed by atoms with Crippen LogP contribution < -0.4 is 0 Å². The summed E-state index contributed by atoms with van der Waals surface area (Å²) in [6.45, 7) is 10.8. The van der Waals surface area contributed by atoms with E-state index in [4.69, 9.17) is 25.7 Å². The van der Waals surface area contributed by atoms with E-state index < -0.39 is 20.6 Å². The van der Waals surface area contributed by atoms with Gasteiger partial charge >= 0.3 is 15.2 Å². The molecule has 5 nitrogen and oxygen atoms in total. The predicted molar refractivity (Wildman–Crippen MR) is 90.1 cm³/mol. The molecular formula is C13H30BO5P2+. The average Bonchev–Trinajstić information content (AvgIpc) is 2.40. The van der Waals surface area contributed by atoms with Crippen LogP contribution in [0, 0.1) is 0 Å². The summed E-state index contributed by atoms with van der Waals surface area (Å²) in [7, 11) is 0.216. The van der Waals surface area contributed by atoms with Crippen molar-refractivity contribution in [2.75, 3.05) is 26.4 Å². The lowest BCUT2D eigenvalue weighted by atomic mass is 10.3. The zero-order valence-electron chi connectivity index (χ0n) is 14.0. The molecule has 0 heterocycles. The highest BCUT2D eigenvalue weighted by molar-refractivity contribution is 7.96. The lowest BCUT2D eigenvalue weighted by Crippen LogP contribution is -2.22. The van der Waals surface area contributed by atoms with Crippen molar-refractivity contribution in [2.45, 2.75) is 59.3 Å². The fraction of sp³-hybridized carbons (Fsp3) is 1.00. The fourth-order valence-electron chi connectivity index (χ4n) is 2.10. The van der Waals surface area contributed by atoms with Crippen molar-refractivity contribution in [3.63, 3.8) is 0 Å². The molecule has 1 unspecified atom stereocenters. The van der Waals surface area contributed by atoms with Crippen molar-refractivity contribution in [3.05, 3.63) is 0 Å². The quantitative estimate of drug-likeness (QED) is 0.357. The minimum atomic E-state index is -3.37. The molecule has 21 heavy (non-hydrogen) atoms. The topological polar surface area (TPSA) is 54.0 Å². The summed E-state index contributed by atoms with van der Waals surface area (Å²) in [4.78, 5) is 0. The maximum atomic E-state index is 13.2. The molecule has 8 heteroatoms. The summed E-state index contributed by atoms with van der Waals surface area (Å²) in [5.74, 6) is 0. The van der Waals surface area contributed by atoms with Gasteiger partial charge in [0, 0.05) is 0 Å². The van der Waals surface area contributed by atoms with Crippen LogP contribution in [0.15, 0.2) is 0 Å². The normalized spacial score (nSPS) is 14.3. The van der Waals surface area contributed by atoms with Gasteiger partial charge in [-0.15, -0.1) is 0 Å². The Balaban J connectivity index is 5.50. The standard InChI is InChI=1S/C13H30BO5P2/c1-6-11-12-13(20(14,16-7-2)17-8-3)21(15,18-9-4)19-10-5/h13H,6-12H2,1-5H3/q+1. The molecule has 0 spiro atoms. The third kappa shape index (κ3) is 6.68. The van der Waals surface area contributed by atoms with Crippen molar-refractivity contribution in [1.29, 1.82) is 0 Å². The summed E-state index contributed by atoms with van der Waals surface area (Å²) >= 11 is 0. The van der Waals surface area contributed by atoms with Gasteiger partial charge in [0.2, 0.25) is 13.0 Å². The van der Waals surface area contributed by atoms with Crippen LogP contribution in [0.3, 0.4) is 0 Å². The zero-order chi connectivity index (χ0) is 16.4. The van der Waals surface area contributed by atoms with E-state index in [-0.39, 0.29) is 0 Å². The molecule has 1 atom stereocenters. The first-order valence-electron chi connectivity index (χ1n) is 7.79. The van der Waals surface area contributed by atoms with Crippen LogP contribution in [-0.2, 0) is 22.7 Å². The molecule has 0 aromatic carbocycles. The molecule has 0 N–H and O–H groups in total. The van der Waals surface area contributed by atoms with E-state index in [0.29, 0.717) is 32.8 Å². The summed E-state index contributed by atoms with van der Waals surface area (Å²) in [6, 6.07) is 0. The second-order valence-corrected chi connectivity index (χ2v) is 9.54. The van der Waals surface area contributed by atoms with E-state index in [1.54, 1.807) is 13.8 Å². The highest BCUT2D eigenvalue weighted by Gasteiger charge is 2.57. The Morgan fingerprint density at radius 1 is 0.952 bits per heavy atom. The first-order valence-corrected chi connectivity index (χ1v) is 11.2. The largest absolute Gasteiger partial charge is 0.445 e. The van der Waals surface area contributed by atoms with Gasteiger partial charge in [0.05, 0.1) is 26.4 Å². The van der Waals surface area contributed by atoms with Gasteiger partial charge in [-0.05, 0) is 40.5 Å². The molecule has 0 fully saturated rings. The van der Waals surface area contributed by atoms with Gasteiger partial charge in [-0.1, -0.05) is 13.3 Å². The molecule has 124 valence electrons. The minimum absolute atomic E-state index is 0.304. The van der Waals surface area contributed by atoms with E-state index in [2.05, 4.69) is 6.92 Å². The van der Waals surface area contributed by atoms with Crippen LogP contribution in [-0.4, -0.2) is 39.4 Å². The zero-order valence-corrected chi connectivity index (χ0v) is 15.8. The van der Waals surface area contributed by atoms with Gasteiger partial charge in [0.15, 0.2) is 0 Å². The molecule has 0 aromatic rings. The van der Waals surface area contributed by atoms with E-state index in [1.165, 1.54) is 0 Å². The van der Waals surface area contributed by atoms with Gasteiger partial charge in [0.25, 0.3) is 0 Å². The monoisotopic (exact) mass is 339 g/mol. The number of hydrogen-bond acceptors (Lipinski definition) is 5. The van der Waals surface area contributed by atoms with Crippen molar-refractivity contribution in [2.24, 2.45) is 0 Å². The molecule has 0 amide bonds. The number of unbranched alkanes of at least 4 members (excludes halogenated alkanes) is 1. The Morgan fingerprint density at radius 3 is 1.76 bits per heavy atom. The summed E-state index contributed by atoms with van der Waals surface area (Å²) < 4.78 is 35.5. The lowest BCUT2D eigenvalue weighted by Gasteiger charge is -2.32. The molecule has 0 bridgehead atoms. The third-order valence-electron chi connectivity index (χ3n) is 2.88. The molecule has 0 saturated carbocycles. The number of rotatable bonds is 13. The predicted octanol–water partition coefficient (Wildman–Crippen LogP) is 4.77. The maximum Gasteiger partial charge on any atom is 0.445 e. The van der Waals surface area contributed by atoms with Crippen LogP contribution in [0.5, 0.6) is 0 Å². The highest BCUT2D eigenvalue weighted by Crippen LogP contribution is 2.75. The van der Waals surface area contributed by atoms with Crippen molar-refractivity contribution in [1.82, 2.24) is 0 Å². The highest BCUT2D eigenvalue weighted by atomic mass is 31.3. The molecule has 0 aliphatic rings. The minimum Gasteiger partial charge on any atom is -0.306 e. The van der Waals surface area contributed by atoms with Gasteiger partial charge in [0.1, 0.15) is 0 Å². The van der Waals surface area contributed by atoms with E-state index in [1.807, 2.05) is 13.8 Å². The Bertz CT molecular complexity index is 301. The van der Waals surface area contributed by atoms with Gasteiger partial charge in [-0.2, -0.15) is 0 Å². The van der Waals surface area contributed by atoms with Crippen molar-refractivity contribution in [3.8, 4) is 0 Å². The van der Waals surface area contributed by atoms with Gasteiger partial charge in [-0.3, -0.25) is 4.57 Å². The van der Waals surface area contributed by atoms with Crippen LogP contribution >= 0.6 is 15.2 Å². The first kappa shape index (κ1) is 21.6. The number of hydrogen-bond donors (Lipinski definition) is 0. The van der Waals surface area contributed by atoms with Crippen LogP contribution in [0.4, 0.5) is 0 Å². The summed E-state index contributed by atoms with van der Waals surface area (Å²) in [6.07, 6.45) is 2.44. The molecule has 0 aliphatic carbocycles. The van der Waals surface area contributed by atoms with Crippen molar-refractivity contribution < 1.29 is 22.7 Å². The van der Waals surface area contributed by atoms with Gasteiger partial charge in [-0.25, -0.2) is 9.05 Å². The molecule has 0 saturated heterocycles. The van der Waals surface area contributed by atoms with E-state index >= 15 is 0 Å². The molecule has 0 aliphatic heterocycles. The molecule has 0 aromatic heterocycles. The Hall–Kier alpha value is 0.565. The Labute approximate surface area is 131 Å². The molecule has 0 rings (SSSR count). The summed E-state index contributed by atoms with van der Waals surface area (Å²) in [5, 5.41) is -0.537. The van der Waals surface area contributed by atoms with E-state index in [9.17, 15) is 4.57 Å². The summed E-state index contributed by atoms with van der Waals surface area (Å²) in [5.41, 5.74) is 0. The second-order valence-electron chi connectivity index (χ2n) is 4.48. The smallest absolute Gasteiger partial charge is 0.306 e. The third-order valence-corrected chi connectivity index (χ3v) is 9.33.